The maximum absolute atomic E-state index is 14.8. The second kappa shape index (κ2) is 9.14. The van der Waals surface area contributed by atoms with Gasteiger partial charge in [0, 0.05) is 30.2 Å². The summed E-state index contributed by atoms with van der Waals surface area (Å²) in [5, 5.41) is 21.7. The second-order valence-electron chi connectivity index (χ2n) is 8.61. The van der Waals surface area contributed by atoms with Crippen LogP contribution in [-0.2, 0) is 12.6 Å². The Morgan fingerprint density at radius 2 is 1.64 bits per heavy atom. The summed E-state index contributed by atoms with van der Waals surface area (Å²) in [6, 6.07) is 22.4. The number of hydrogen-bond acceptors (Lipinski definition) is 3. The van der Waals surface area contributed by atoms with E-state index >= 15 is 0 Å². The van der Waals surface area contributed by atoms with Crippen LogP contribution in [0.15, 0.2) is 77.6 Å². The molecule has 5 nitrogen and oxygen atoms in total. The first-order valence-electron chi connectivity index (χ1n) is 11.1. The summed E-state index contributed by atoms with van der Waals surface area (Å²) in [6.07, 6.45) is 3.10. The predicted octanol–water partition coefficient (Wildman–Crippen LogP) is 5.15. The van der Waals surface area contributed by atoms with Gasteiger partial charge in [0.05, 0.1) is 24.2 Å². The van der Waals surface area contributed by atoms with Gasteiger partial charge in [-0.05, 0) is 29.4 Å². The number of halogens is 1. The molecule has 1 aliphatic heterocycles. The zero-order valence-corrected chi connectivity index (χ0v) is 19.1. The van der Waals surface area contributed by atoms with Crippen LogP contribution in [0.2, 0.25) is 0 Å². The molecule has 3 aromatic carbocycles. The molecule has 1 saturated heterocycles. The van der Waals surface area contributed by atoms with Crippen molar-refractivity contribution in [2.75, 3.05) is 25.4 Å². The first-order valence-corrected chi connectivity index (χ1v) is 13.0. The Morgan fingerprint density at radius 1 is 0.939 bits per heavy atom. The molecular weight excluding hydrogens is 436 g/mol. The molecule has 1 aromatic heterocycles. The number of aromatic nitrogens is 2. The summed E-state index contributed by atoms with van der Waals surface area (Å²) in [6.45, 7) is 0.803. The Balaban J connectivity index is 1.36. The Kier molecular flexibility index (Phi) is 6.07. The highest BCUT2D eigenvalue weighted by atomic mass is 31.1. The van der Waals surface area contributed by atoms with Crippen LogP contribution in [0.4, 0.5) is 10.1 Å². The van der Waals surface area contributed by atoms with Crippen LogP contribution in [-0.4, -0.2) is 35.6 Å². The van der Waals surface area contributed by atoms with Crippen LogP contribution < -0.4 is 10.2 Å². The molecule has 0 bridgehead atoms. The number of hydroxylamine groups is 2. The Labute approximate surface area is 192 Å². The fraction of sp³-hybridized carbons (Fsp3) is 0.231. The fourth-order valence-corrected chi connectivity index (χ4v) is 7.03. The first kappa shape index (κ1) is 21.9. The van der Waals surface area contributed by atoms with E-state index in [1.54, 1.807) is 18.2 Å². The molecule has 0 unspecified atom stereocenters. The minimum absolute atomic E-state index is 0.204. The van der Waals surface area contributed by atoms with Crippen LogP contribution in [0.3, 0.4) is 0 Å². The average molecular weight is 461 g/mol. The molecular formula is C26H25FN3O2P. The van der Waals surface area contributed by atoms with E-state index in [-0.39, 0.29) is 19.2 Å². The molecule has 0 spiro atoms. The van der Waals surface area contributed by atoms with E-state index in [0.717, 1.165) is 29.4 Å². The monoisotopic (exact) mass is 461 g/mol. The Hall–Kier alpha value is -2.92. The number of benzene rings is 3. The molecule has 33 heavy (non-hydrogen) atoms. The van der Waals surface area contributed by atoms with Crippen LogP contribution in [0.5, 0.6) is 0 Å². The van der Waals surface area contributed by atoms with Crippen molar-refractivity contribution in [3.63, 3.8) is 0 Å². The lowest BCUT2D eigenvalue weighted by molar-refractivity contribution is 0.387. The molecule has 5 rings (SSSR count). The lowest BCUT2D eigenvalue weighted by Gasteiger charge is -2.47. The van der Waals surface area contributed by atoms with Crippen molar-refractivity contribution in [3.8, 4) is 0 Å². The number of hydrogen-bond donors (Lipinski definition) is 1. The number of rotatable bonds is 5. The highest BCUT2D eigenvalue weighted by Crippen LogP contribution is 2.45. The van der Waals surface area contributed by atoms with Crippen molar-refractivity contribution in [3.05, 3.63) is 111 Å². The minimum atomic E-state index is -0.618. The van der Waals surface area contributed by atoms with Gasteiger partial charge in [-0.3, -0.25) is 4.79 Å². The number of nitrogens with zero attached hydrogens (tertiary/aromatic N) is 2. The van der Waals surface area contributed by atoms with Gasteiger partial charge in [-0.25, -0.2) is 9.49 Å². The molecule has 1 aliphatic rings. The van der Waals surface area contributed by atoms with Crippen molar-refractivity contribution in [1.82, 2.24) is 14.8 Å². The predicted molar refractivity (Wildman–Crippen MR) is 133 cm³/mol. The standard InChI is InChI=1S/C26H25FN3O2P/c27-23-11-10-20(16-24-21-8-4-5-9-22(21)26(31)29-28-24)17-25(23)30(32)12-14-33(15-13-30)18-19-6-2-1-3-7-19/h1-11,17H,12-16,18H2,(H,29,31). The fourth-order valence-electron chi connectivity index (χ4n) is 4.55. The number of nitrogens with one attached hydrogen (secondary N) is 1. The van der Waals surface area contributed by atoms with Gasteiger partial charge in [0.25, 0.3) is 5.56 Å². The lowest BCUT2D eigenvalue weighted by Crippen LogP contribution is -2.50. The van der Waals surface area contributed by atoms with Crippen LogP contribution in [0.1, 0.15) is 16.8 Å². The minimum Gasteiger partial charge on any atom is -0.627 e. The first-order chi connectivity index (χ1) is 16.0. The van der Waals surface area contributed by atoms with Gasteiger partial charge in [0.15, 0.2) is 11.5 Å². The number of aromatic amines is 1. The van der Waals surface area contributed by atoms with Crippen molar-refractivity contribution in [1.29, 1.82) is 0 Å². The van der Waals surface area contributed by atoms with Gasteiger partial charge in [-0.15, -0.1) is 0 Å². The zero-order valence-electron chi connectivity index (χ0n) is 18.2. The van der Waals surface area contributed by atoms with Gasteiger partial charge < -0.3 is 9.85 Å². The third-order valence-corrected chi connectivity index (χ3v) is 8.88. The maximum atomic E-state index is 14.8. The summed E-state index contributed by atoms with van der Waals surface area (Å²) in [5.41, 5.74) is 2.78. The van der Waals surface area contributed by atoms with Gasteiger partial charge in [0.1, 0.15) is 0 Å². The van der Waals surface area contributed by atoms with Gasteiger partial charge in [-0.1, -0.05) is 62.5 Å². The average Bonchev–Trinajstić information content (AvgIpc) is 2.84. The molecule has 0 radical (unpaired) electrons. The molecule has 0 amide bonds. The quantitative estimate of drug-likeness (QED) is 0.254. The molecule has 0 saturated carbocycles. The Morgan fingerprint density at radius 3 is 2.39 bits per heavy atom. The summed E-state index contributed by atoms with van der Waals surface area (Å²) < 4.78 is 14.2. The topological polar surface area (TPSA) is 68.8 Å². The Bertz CT molecular complexity index is 1330. The largest absolute Gasteiger partial charge is 0.627 e. The van der Waals surface area contributed by atoms with Crippen molar-refractivity contribution in [2.45, 2.75) is 12.6 Å². The van der Waals surface area contributed by atoms with Crippen molar-refractivity contribution >= 4 is 24.4 Å². The molecule has 2 heterocycles. The van der Waals surface area contributed by atoms with E-state index in [9.17, 15) is 14.4 Å². The summed E-state index contributed by atoms with van der Waals surface area (Å²) >= 11 is 0. The summed E-state index contributed by atoms with van der Waals surface area (Å²) in [5.74, 6) is -0.456. The van der Waals surface area contributed by atoms with E-state index in [0.29, 0.717) is 30.6 Å². The van der Waals surface area contributed by atoms with E-state index in [2.05, 4.69) is 22.3 Å². The number of fused-ring (bicyclic) bond motifs is 1. The maximum Gasteiger partial charge on any atom is 0.272 e. The van der Waals surface area contributed by atoms with Crippen LogP contribution in [0.25, 0.3) is 10.8 Å². The SMILES string of the molecule is O=c1[nH]nc(Cc2ccc(F)c([N+]3([O-])CCP(Cc4ccccc4)CC3)c2)c2ccccc12. The normalized spacial score (nSPS) is 20.7. The third-order valence-electron chi connectivity index (χ3n) is 6.40. The highest BCUT2D eigenvalue weighted by Gasteiger charge is 2.31. The zero-order chi connectivity index (χ0) is 22.8. The molecule has 4 aromatic rings. The number of quaternary nitrogens is 1. The number of H-pyrrole nitrogens is 1. The lowest BCUT2D eigenvalue weighted by atomic mass is 10.0. The van der Waals surface area contributed by atoms with Crippen LogP contribution in [0, 0.1) is 11.0 Å². The molecule has 0 aliphatic carbocycles. The van der Waals surface area contributed by atoms with Gasteiger partial charge >= 0.3 is 0 Å². The molecule has 1 N–H and O–H groups in total. The molecule has 7 heteroatoms. The summed E-state index contributed by atoms with van der Waals surface area (Å²) in [4.78, 5) is 12.1. The van der Waals surface area contributed by atoms with Gasteiger partial charge in [-0.2, -0.15) is 5.10 Å². The highest BCUT2D eigenvalue weighted by molar-refractivity contribution is 7.57. The van der Waals surface area contributed by atoms with E-state index < -0.39 is 10.5 Å². The van der Waals surface area contributed by atoms with E-state index in [1.807, 2.05) is 36.4 Å². The smallest absolute Gasteiger partial charge is 0.272 e. The van der Waals surface area contributed by atoms with Gasteiger partial charge in [0.2, 0.25) is 0 Å². The summed E-state index contributed by atoms with van der Waals surface area (Å²) in [7, 11) is -0.259. The molecule has 1 fully saturated rings. The molecule has 168 valence electrons. The van der Waals surface area contributed by atoms with Crippen molar-refractivity contribution < 1.29 is 4.39 Å². The molecule has 0 atom stereocenters. The van der Waals surface area contributed by atoms with Crippen LogP contribution >= 0.6 is 7.92 Å². The van der Waals surface area contributed by atoms with E-state index in [1.165, 1.54) is 11.6 Å². The third kappa shape index (κ3) is 4.60. The second-order valence-corrected chi connectivity index (χ2v) is 11.2. The van der Waals surface area contributed by atoms with E-state index in [4.69, 9.17) is 0 Å². The van der Waals surface area contributed by atoms with Crippen molar-refractivity contribution in [2.24, 2.45) is 0 Å².